The van der Waals surface area contributed by atoms with Gasteiger partial charge in [-0.1, -0.05) is 32.0 Å². The predicted molar refractivity (Wildman–Crippen MR) is 75.5 cm³/mol. The van der Waals surface area contributed by atoms with E-state index in [9.17, 15) is 4.39 Å². The van der Waals surface area contributed by atoms with Crippen molar-refractivity contribution in [3.05, 3.63) is 35.6 Å². The summed E-state index contributed by atoms with van der Waals surface area (Å²) in [5.41, 5.74) is 0.755. The molecule has 1 saturated heterocycles. The molecule has 0 aliphatic carbocycles. The molecule has 1 heterocycles. The van der Waals surface area contributed by atoms with Gasteiger partial charge in [-0.05, 0) is 32.4 Å². The maximum absolute atomic E-state index is 14.1. The van der Waals surface area contributed by atoms with Gasteiger partial charge in [-0.2, -0.15) is 0 Å². The van der Waals surface area contributed by atoms with Crippen LogP contribution in [0.25, 0.3) is 0 Å². The minimum absolute atomic E-state index is 0.0150. The van der Waals surface area contributed by atoms with Crippen molar-refractivity contribution in [2.75, 3.05) is 6.54 Å². The van der Waals surface area contributed by atoms with Crippen LogP contribution in [0.1, 0.15) is 39.3 Å². The molecule has 3 heteroatoms. The second-order valence-corrected chi connectivity index (χ2v) is 5.54. The van der Waals surface area contributed by atoms with E-state index in [-0.39, 0.29) is 24.1 Å². The Morgan fingerprint density at radius 3 is 2.42 bits per heavy atom. The van der Waals surface area contributed by atoms with Crippen LogP contribution in [0.3, 0.4) is 0 Å². The molecule has 1 aliphatic rings. The average molecular weight is 265 g/mol. The Labute approximate surface area is 115 Å². The SMILES string of the molecule is CCNC(c1ccccc1F)C1C(C)OC(C)C1C. The van der Waals surface area contributed by atoms with E-state index in [1.165, 1.54) is 6.07 Å². The summed E-state index contributed by atoms with van der Waals surface area (Å²) in [5.74, 6) is 0.581. The highest BCUT2D eigenvalue weighted by atomic mass is 19.1. The molecule has 5 atom stereocenters. The number of ether oxygens (including phenoxy) is 1. The number of hydrogen-bond donors (Lipinski definition) is 1. The van der Waals surface area contributed by atoms with E-state index in [0.717, 1.165) is 12.1 Å². The van der Waals surface area contributed by atoms with Gasteiger partial charge in [0.05, 0.1) is 12.2 Å². The van der Waals surface area contributed by atoms with Gasteiger partial charge >= 0.3 is 0 Å². The van der Waals surface area contributed by atoms with Gasteiger partial charge < -0.3 is 10.1 Å². The molecule has 0 spiro atoms. The van der Waals surface area contributed by atoms with E-state index in [4.69, 9.17) is 4.74 Å². The zero-order valence-electron chi connectivity index (χ0n) is 12.2. The highest BCUT2D eigenvalue weighted by Gasteiger charge is 2.42. The molecule has 106 valence electrons. The Balaban J connectivity index is 2.33. The first-order valence-corrected chi connectivity index (χ1v) is 7.19. The molecule has 1 fully saturated rings. The lowest BCUT2D eigenvalue weighted by atomic mass is 9.80. The van der Waals surface area contributed by atoms with Crippen LogP contribution in [0.15, 0.2) is 24.3 Å². The standard InChI is InChI=1S/C16H24FNO/c1-5-18-16(13-8-6-7-9-14(13)17)15-10(2)11(3)19-12(15)4/h6-12,15-16,18H,5H2,1-4H3. The normalized spacial score (nSPS) is 32.5. The summed E-state index contributed by atoms with van der Waals surface area (Å²) in [7, 11) is 0. The van der Waals surface area contributed by atoms with Crippen LogP contribution in [-0.4, -0.2) is 18.8 Å². The molecule has 1 aliphatic heterocycles. The third-order valence-electron chi connectivity index (χ3n) is 4.37. The molecule has 5 unspecified atom stereocenters. The van der Waals surface area contributed by atoms with Crippen LogP contribution >= 0.6 is 0 Å². The van der Waals surface area contributed by atoms with Gasteiger partial charge in [0.1, 0.15) is 5.82 Å². The molecule has 0 aromatic heterocycles. The molecule has 19 heavy (non-hydrogen) atoms. The van der Waals surface area contributed by atoms with Crippen LogP contribution in [-0.2, 0) is 4.74 Å². The predicted octanol–water partition coefficient (Wildman–Crippen LogP) is 3.54. The number of hydrogen-bond acceptors (Lipinski definition) is 2. The smallest absolute Gasteiger partial charge is 0.127 e. The largest absolute Gasteiger partial charge is 0.375 e. The fourth-order valence-electron chi connectivity index (χ4n) is 3.27. The van der Waals surface area contributed by atoms with Gasteiger partial charge in [-0.3, -0.25) is 0 Å². The van der Waals surface area contributed by atoms with E-state index in [1.807, 2.05) is 12.1 Å². The van der Waals surface area contributed by atoms with Gasteiger partial charge in [0.15, 0.2) is 0 Å². The maximum atomic E-state index is 14.1. The lowest BCUT2D eigenvalue weighted by Gasteiger charge is -2.30. The minimum atomic E-state index is -0.132. The van der Waals surface area contributed by atoms with E-state index in [1.54, 1.807) is 6.07 Å². The van der Waals surface area contributed by atoms with Crippen molar-refractivity contribution < 1.29 is 9.13 Å². The van der Waals surface area contributed by atoms with Crippen LogP contribution in [0.2, 0.25) is 0 Å². The lowest BCUT2D eigenvalue weighted by Crippen LogP contribution is -2.35. The van der Waals surface area contributed by atoms with E-state index in [2.05, 4.69) is 33.0 Å². The number of halogens is 1. The number of nitrogens with one attached hydrogen (secondary N) is 1. The highest BCUT2D eigenvalue weighted by Crippen LogP contribution is 2.41. The van der Waals surface area contributed by atoms with E-state index < -0.39 is 0 Å². The molecule has 2 rings (SSSR count). The van der Waals surface area contributed by atoms with Gasteiger partial charge in [0, 0.05) is 17.5 Å². The Morgan fingerprint density at radius 1 is 1.21 bits per heavy atom. The second kappa shape index (κ2) is 6.02. The first kappa shape index (κ1) is 14.5. The van der Waals surface area contributed by atoms with Crippen molar-refractivity contribution in [1.82, 2.24) is 5.32 Å². The average Bonchev–Trinajstić information content (AvgIpc) is 2.62. The molecule has 0 radical (unpaired) electrons. The highest BCUT2D eigenvalue weighted by molar-refractivity contribution is 5.23. The lowest BCUT2D eigenvalue weighted by molar-refractivity contribution is 0.0474. The van der Waals surface area contributed by atoms with Gasteiger partial charge in [0.25, 0.3) is 0 Å². The third-order valence-corrected chi connectivity index (χ3v) is 4.37. The third kappa shape index (κ3) is 2.82. The van der Waals surface area contributed by atoms with Crippen LogP contribution in [0.5, 0.6) is 0 Å². The van der Waals surface area contributed by atoms with Crippen molar-refractivity contribution in [3.63, 3.8) is 0 Å². The summed E-state index contributed by atoms with van der Waals surface area (Å²) in [4.78, 5) is 0. The second-order valence-electron chi connectivity index (χ2n) is 5.54. The molecule has 0 bridgehead atoms. The van der Waals surface area contributed by atoms with Crippen LogP contribution < -0.4 is 5.32 Å². The topological polar surface area (TPSA) is 21.3 Å². The fraction of sp³-hybridized carbons (Fsp3) is 0.625. The van der Waals surface area contributed by atoms with Crippen molar-refractivity contribution in [1.29, 1.82) is 0 Å². The first-order chi connectivity index (χ1) is 9.06. The molecule has 1 aromatic carbocycles. The summed E-state index contributed by atoms with van der Waals surface area (Å²) in [6.07, 6.45) is 0.376. The Morgan fingerprint density at radius 2 is 1.89 bits per heavy atom. The summed E-state index contributed by atoms with van der Waals surface area (Å²) in [5, 5.41) is 3.44. The molecular formula is C16H24FNO. The van der Waals surface area contributed by atoms with Gasteiger partial charge in [-0.15, -0.1) is 0 Å². The first-order valence-electron chi connectivity index (χ1n) is 7.19. The zero-order chi connectivity index (χ0) is 14.0. The fourth-order valence-corrected chi connectivity index (χ4v) is 3.27. The van der Waals surface area contributed by atoms with Crippen LogP contribution in [0.4, 0.5) is 4.39 Å². The maximum Gasteiger partial charge on any atom is 0.127 e. The molecule has 0 amide bonds. The summed E-state index contributed by atoms with van der Waals surface area (Å²) in [6, 6.07) is 7.07. The molecule has 1 N–H and O–H groups in total. The van der Waals surface area contributed by atoms with E-state index in [0.29, 0.717) is 11.8 Å². The van der Waals surface area contributed by atoms with Crippen molar-refractivity contribution in [3.8, 4) is 0 Å². The van der Waals surface area contributed by atoms with Crippen molar-refractivity contribution in [2.45, 2.75) is 45.9 Å². The van der Waals surface area contributed by atoms with Gasteiger partial charge in [-0.25, -0.2) is 4.39 Å². The molecule has 2 nitrogen and oxygen atoms in total. The van der Waals surface area contributed by atoms with Crippen LogP contribution in [0, 0.1) is 17.7 Å². The Kier molecular flexibility index (Phi) is 4.58. The van der Waals surface area contributed by atoms with Gasteiger partial charge in [0.2, 0.25) is 0 Å². The van der Waals surface area contributed by atoms with E-state index >= 15 is 0 Å². The summed E-state index contributed by atoms with van der Waals surface area (Å²) in [6.45, 7) is 9.27. The summed E-state index contributed by atoms with van der Waals surface area (Å²) < 4.78 is 20.0. The number of benzene rings is 1. The van der Waals surface area contributed by atoms with Crippen molar-refractivity contribution in [2.24, 2.45) is 11.8 Å². The Bertz CT molecular complexity index is 423. The Hall–Kier alpha value is -0.930. The van der Waals surface area contributed by atoms with Crippen molar-refractivity contribution >= 4 is 0 Å². The quantitative estimate of drug-likeness (QED) is 0.899. The summed E-state index contributed by atoms with van der Waals surface area (Å²) >= 11 is 0. The monoisotopic (exact) mass is 265 g/mol. The zero-order valence-corrected chi connectivity index (χ0v) is 12.2. The minimum Gasteiger partial charge on any atom is -0.375 e. The molecule has 1 aromatic rings. The molecule has 0 saturated carbocycles. The molecular weight excluding hydrogens is 241 g/mol. The number of rotatable bonds is 4.